The minimum Gasteiger partial charge on any atom is -0.441 e. The molecular formula is C28H26O6. The highest BCUT2D eigenvalue weighted by Crippen LogP contribution is 2.47. The fourth-order valence-electron chi connectivity index (χ4n) is 4.10. The van der Waals surface area contributed by atoms with Crippen molar-refractivity contribution >= 4 is 17.9 Å². The van der Waals surface area contributed by atoms with Crippen molar-refractivity contribution in [2.24, 2.45) is 0 Å². The van der Waals surface area contributed by atoms with E-state index in [4.69, 9.17) is 14.2 Å². The Morgan fingerprint density at radius 3 is 1.68 bits per heavy atom. The van der Waals surface area contributed by atoms with Gasteiger partial charge in [0.05, 0.1) is 5.56 Å². The first-order chi connectivity index (χ1) is 16.5. The third-order valence-corrected chi connectivity index (χ3v) is 5.67. The smallest absolute Gasteiger partial charge is 0.340 e. The quantitative estimate of drug-likeness (QED) is 0.325. The van der Waals surface area contributed by atoms with Crippen LogP contribution in [0.5, 0.6) is 11.5 Å². The lowest BCUT2D eigenvalue weighted by Gasteiger charge is -2.30. The van der Waals surface area contributed by atoms with Gasteiger partial charge < -0.3 is 14.2 Å². The maximum Gasteiger partial charge on any atom is 0.340 e. The molecule has 1 aliphatic heterocycles. The maximum absolute atomic E-state index is 12.8. The van der Waals surface area contributed by atoms with Gasteiger partial charge in [0.1, 0.15) is 11.5 Å². The number of esters is 3. The van der Waals surface area contributed by atoms with E-state index in [-0.39, 0.29) is 11.9 Å². The minimum atomic E-state index is -1.19. The van der Waals surface area contributed by atoms with Crippen LogP contribution < -0.4 is 9.47 Å². The van der Waals surface area contributed by atoms with Crippen LogP contribution in [0.25, 0.3) is 0 Å². The van der Waals surface area contributed by atoms with Gasteiger partial charge in [-0.3, -0.25) is 9.59 Å². The van der Waals surface area contributed by atoms with Crippen LogP contribution in [-0.4, -0.2) is 17.9 Å². The Morgan fingerprint density at radius 2 is 1.21 bits per heavy atom. The summed E-state index contributed by atoms with van der Waals surface area (Å²) in [5.41, 5.74) is 1.42. The Kier molecular flexibility index (Phi) is 6.77. The number of fused-ring (bicyclic) bond motifs is 1. The number of hydrogen-bond acceptors (Lipinski definition) is 6. The largest absolute Gasteiger partial charge is 0.441 e. The van der Waals surface area contributed by atoms with Crippen LogP contribution in [0.3, 0.4) is 0 Å². The number of rotatable bonds is 8. The summed E-state index contributed by atoms with van der Waals surface area (Å²) in [4.78, 5) is 36.6. The molecule has 0 amide bonds. The fourth-order valence-corrected chi connectivity index (χ4v) is 4.10. The van der Waals surface area contributed by atoms with Crippen molar-refractivity contribution in [2.45, 2.75) is 45.1 Å². The Labute approximate surface area is 198 Å². The molecule has 6 heteroatoms. The molecule has 4 rings (SSSR count). The second kappa shape index (κ2) is 9.91. The van der Waals surface area contributed by atoms with Crippen molar-refractivity contribution < 1.29 is 28.6 Å². The molecule has 3 aromatic rings. The summed E-state index contributed by atoms with van der Waals surface area (Å²) in [5.74, 6) is -0.166. The number of cyclic esters (lactones) is 1. The summed E-state index contributed by atoms with van der Waals surface area (Å²) in [5, 5.41) is 0. The molecule has 0 saturated carbocycles. The van der Waals surface area contributed by atoms with Gasteiger partial charge in [-0.15, -0.1) is 0 Å². The topological polar surface area (TPSA) is 78.9 Å². The molecule has 0 aliphatic carbocycles. The van der Waals surface area contributed by atoms with Crippen molar-refractivity contribution in [1.29, 1.82) is 0 Å². The number of ether oxygens (including phenoxy) is 3. The van der Waals surface area contributed by atoms with Gasteiger partial charge in [-0.2, -0.15) is 0 Å². The van der Waals surface area contributed by atoms with Crippen molar-refractivity contribution in [3.05, 3.63) is 95.1 Å². The lowest BCUT2D eigenvalue weighted by molar-refractivity contribution is -0.135. The molecule has 0 unspecified atom stereocenters. The first-order valence-electron chi connectivity index (χ1n) is 11.4. The van der Waals surface area contributed by atoms with Gasteiger partial charge in [0.25, 0.3) is 0 Å². The van der Waals surface area contributed by atoms with Crippen LogP contribution in [0.2, 0.25) is 0 Å². The molecule has 1 heterocycles. The standard InChI is InChI=1S/C28H26O6/c1-3-7-25(29)32-21-15-11-19(12-16-21)28(24-10-6-5-9-23(24)27(31)34-28)20-13-17-22(18-14-20)33-26(30)8-4-2/h5-6,9-18H,3-4,7-8H2,1-2H3. The van der Waals surface area contributed by atoms with Crippen molar-refractivity contribution in [3.8, 4) is 11.5 Å². The van der Waals surface area contributed by atoms with Crippen molar-refractivity contribution in [3.63, 3.8) is 0 Å². The highest BCUT2D eigenvalue weighted by atomic mass is 16.6. The Bertz CT molecular complexity index is 1130. The van der Waals surface area contributed by atoms with Gasteiger partial charge in [-0.25, -0.2) is 4.79 Å². The van der Waals surface area contributed by atoms with E-state index in [9.17, 15) is 14.4 Å². The molecule has 0 N–H and O–H groups in total. The number of carbonyl (C=O) groups is 3. The zero-order valence-electron chi connectivity index (χ0n) is 19.2. The number of hydrogen-bond donors (Lipinski definition) is 0. The zero-order chi connectivity index (χ0) is 24.1. The predicted octanol–water partition coefficient (Wildman–Crippen LogP) is 5.56. The fraction of sp³-hybridized carbons (Fsp3) is 0.250. The molecule has 0 bridgehead atoms. The first-order valence-corrected chi connectivity index (χ1v) is 11.4. The second-order valence-corrected chi connectivity index (χ2v) is 8.11. The van der Waals surface area contributed by atoms with E-state index in [0.717, 1.165) is 0 Å². The van der Waals surface area contributed by atoms with Gasteiger partial charge in [0, 0.05) is 29.5 Å². The average molecular weight is 459 g/mol. The van der Waals surface area contributed by atoms with E-state index in [1.54, 1.807) is 60.7 Å². The molecule has 0 aromatic heterocycles. The molecule has 1 aliphatic rings. The monoisotopic (exact) mass is 458 g/mol. The van der Waals surface area contributed by atoms with Crippen LogP contribution in [-0.2, 0) is 19.9 Å². The van der Waals surface area contributed by atoms with E-state index >= 15 is 0 Å². The zero-order valence-corrected chi connectivity index (χ0v) is 19.2. The second-order valence-electron chi connectivity index (χ2n) is 8.11. The molecular weight excluding hydrogens is 432 g/mol. The number of benzene rings is 3. The molecule has 0 spiro atoms. The normalized spacial score (nSPS) is 13.6. The summed E-state index contributed by atoms with van der Waals surface area (Å²) in [6.45, 7) is 3.83. The van der Waals surface area contributed by atoms with Crippen LogP contribution >= 0.6 is 0 Å². The molecule has 0 saturated heterocycles. The average Bonchev–Trinajstić information content (AvgIpc) is 3.14. The molecule has 0 radical (unpaired) electrons. The molecule has 0 fully saturated rings. The van der Waals surface area contributed by atoms with E-state index in [2.05, 4.69) is 0 Å². The van der Waals surface area contributed by atoms with Gasteiger partial charge in [0.2, 0.25) is 0 Å². The van der Waals surface area contributed by atoms with Crippen molar-refractivity contribution in [1.82, 2.24) is 0 Å². The third-order valence-electron chi connectivity index (χ3n) is 5.67. The summed E-state index contributed by atoms with van der Waals surface area (Å²) in [7, 11) is 0. The lowest BCUT2D eigenvalue weighted by atomic mass is 9.80. The molecule has 174 valence electrons. The van der Waals surface area contributed by atoms with Gasteiger partial charge in [-0.05, 0) is 43.2 Å². The summed E-state index contributed by atoms with van der Waals surface area (Å²) in [6.07, 6.45) is 2.09. The van der Waals surface area contributed by atoms with E-state index in [0.29, 0.717) is 59.4 Å². The SMILES string of the molecule is CCCC(=O)Oc1ccc(C2(c3ccc(OC(=O)CCC)cc3)OC(=O)c3ccccc32)cc1. The highest BCUT2D eigenvalue weighted by Gasteiger charge is 2.48. The number of carbonyl (C=O) groups excluding carboxylic acids is 3. The summed E-state index contributed by atoms with van der Waals surface area (Å²) in [6, 6.07) is 21.2. The van der Waals surface area contributed by atoms with Crippen LogP contribution in [0.4, 0.5) is 0 Å². The highest BCUT2D eigenvalue weighted by molar-refractivity contribution is 5.96. The third kappa shape index (κ3) is 4.44. The maximum atomic E-state index is 12.8. The molecule has 6 nitrogen and oxygen atoms in total. The molecule has 3 aromatic carbocycles. The minimum absolute atomic E-state index is 0.296. The van der Waals surface area contributed by atoms with E-state index in [1.807, 2.05) is 26.0 Å². The summed E-state index contributed by atoms with van der Waals surface area (Å²) >= 11 is 0. The van der Waals surface area contributed by atoms with Gasteiger partial charge in [-0.1, -0.05) is 56.3 Å². The van der Waals surface area contributed by atoms with Crippen LogP contribution in [0.1, 0.15) is 66.6 Å². The van der Waals surface area contributed by atoms with Gasteiger partial charge in [0.15, 0.2) is 5.60 Å². The predicted molar refractivity (Wildman–Crippen MR) is 126 cm³/mol. The Balaban J connectivity index is 1.74. The lowest BCUT2D eigenvalue weighted by Crippen LogP contribution is -2.29. The van der Waals surface area contributed by atoms with Crippen LogP contribution in [0.15, 0.2) is 72.8 Å². The van der Waals surface area contributed by atoms with E-state index < -0.39 is 11.6 Å². The Hall–Kier alpha value is -3.93. The van der Waals surface area contributed by atoms with Gasteiger partial charge >= 0.3 is 17.9 Å². The Morgan fingerprint density at radius 1 is 0.735 bits per heavy atom. The molecule has 0 atom stereocenters. The van der Waals surface area contributed by atoms with E-state index in [1.165, 1.54) is 0 Å². The first kappa shape index (κ1) is 23.2. The summed E-state index contributed by atoms with van der Waals surface area (Å²) < 4.78 is 16.8. The van der Waals surface area contributed by atoms with Crippen molar-refractivity contribution in [2.75, 3.05) is 0 Å². The molecule has 34 heavy (non-hydrogen) atoms. The van der Waals surface area contributed by atoms with Crippen LogP contribution in [0, 0.1) is 0 Å².